The summed E-state index contributed by atoms with van der Waals surface area (Å²) in [6, 6.07) is 10.6. The highest BCUT2D eigenvalue weighted by Crippen LogP contribution is 2.10. The van der Waals surface area contributed by atoms with Crippen molar-refractivity contribution in [2.24, 2.45) is 0 Å². The molecule has 0 spiro atoms. The highest BCUT2D eigenvalue weighted by molar-refractivity contribution is 5.69. The molecule has 100 valence electrons. The Labute approximate surface area is 109 Å². The first kappa shape index (κ1) is 14.5. The van der Waals surface area contributed by atoms with Gasteiger partial charge in [0.15, 0.2) is 0 Å². The van der Waals surface area contributed by atoms with Crippen molar-refractivity contribution in [3.05, 3.63) is 30.3 Å². The van der Waals surface area contributed by atoms with Crippen LogP contribution in [0.1, 0.15) is 13.3 Å². The van der Waals surface area contributed by atoms with Crippen molar-refractivity contribution in [3.63, 3.8) is 0 Å². The normalized spacial score (nSPS) is 11.9. The molecule has 0 heterocycles. The smallest absolute Gasteiger partial charge is 0.306 e. The van der Waals surface area contributed by atoms with E-state index in [1.165, 1.54) is 12.8 Å². The highest BCUT2D eigenvalue weighted by Gasteiger charge is 2.07. The Balaban J connectivity index is 2.27. The topological polar surface area (TPSA) is 41.6 Å². The van der Waals surface area contributed by atoms with Crippen LogP contribution in [0.3, 0.4) is 0 Å². The molecule has 4 heteroatoms. The third-order valence-corrected chi connectivity index (χ3v) is 2.79. The van der Waals surface area contributed by atoms with Crippen LogP contribution in [-0.2, 0) is 9.53 Å². The molecule has 0 aliphatic heterocycles. The maximum Gasteiger partial charge on any atom is 0.306 e. The first-order valence-corrected chi connectivity index (χ1v) is 6.20. The number of nitrogens with zero attached hydrogens (tertiary/aromatic N) is 1. The van der Waals surface area contributed by atoms with E-state index in [-0.39, 0.29) is 5.97 Å². The quantitative estimate of drug-likeness (QED) is 0.747. The zero-order valence-corrected chi connectivity index (χ0v) is 11.3. The Kier molecular flexibility index (Phi) is 6.22. The minimum absolute atomic E-state index is 0.175. The van der Waals surface area contributed by atoms with E-state index in [1.807, 2.05) is 18.2 Å². The van der Waals surface area contributed by atoms with Gasteiger partial charge in [0.2, 0.25) is 0 Å². The first-order valence-electron chi connectivity index (χ1n) is 6.20. The van der Waals surface area contributed by atoms with Gasteiger partial charge in [0.05, 0.1) is 13.5 Å². The van der Waals surface area contributed by atoms with E-state index < -0.39 is 0 Å². The molecule has 0 bridgehead atoms. The number of ether oxygens (including phenoxy) is 1. The van der Waals surface area contributed by atoms with Gasteiger partial charge >= 0.3 is 5.97 Å². The third kappa shape index (κ3) is 5.19. The largest absolute Gasteiger partial charge is 0.469 e. The summed E-state index contributed by atoms with van der Waals surface area (Å²) in [5, 5.41) is 3.31. The van der Waals surface area contributed by atoms with Crippen LogP contribution in [0.2, 0.25) is 0 Å². The number of anilines is 1. The molecule has 0 radical (unpaired) electrons. The van der Waals surface area contributed by atoms with Gasteiger partial charge in [-0.2, -0.15) is 0 Å². The average Bonchev–Trinajstić information content (AvgIpc) is 2.39. The summed E-state index contributed by atoms with van der Waals surface area (Å²) in [5.74, 6) is -0.175. The summed E-state index contributed by atoms with van der Waals surface area (Å²) in [6.07, 6.45) is 0.413. The zero-order chi connectivity index (χ0) is 13.4. The number of nitrogens with one attached hydrogen (secondary N) is 1. The van der Waals surface area contributed by atoms with Crippen LogP contribution in [0.25, 0.3) is 0 Å². The van der Waals surface area contributed by atoms with E-state index in [9.17, 15) is 4.79 Å². The molecule has 0 amide bonds. The molecule has 0 saturated carbocycles. The number of methoxy groups -OCH3 is 1. The van der Waals surface area contributed by atoms with Crippen molar-refractivity contribution in [1.29, 1.82) is 0 Å². The van der Waals surface area contributed by atoms with Gasteiger partial charge in [-0.15, -0.1) is 0 Å². The lowest BCUT2D eigenvalue weighted by molar-refractivity contribution is -0.140. The molecule has 0 fully saturated rings. The monoisotopic (exact) mass is 250 g/mol. The van der Waals surface area contributed by atoms with Crippen molar-refractivity contribution < 1.29 is 9.53 Å². The Hall–Kier alpha value is -1.55. The Morgan fingerprint density at radius 1 is 1.39 bits per heavy atom. The van der Waals surface area contributed by atoms with E-state index in [2.05, 4.69) is 41.1 Å². The highest BCUT2D eigenvalue weighted by atomic mass is 16.5. The minimum Gasteiger partial charge on any atom is -0.469 e. The molecule has 0 saturated heterocycles. The summed E-state index contributed by atoms with van der Waals surface area (Å²) in [5.41, 5.74) is 1.19. The molecule has 0 aliphatic carbocycles. The predicted molar refractivity (Wildman–Crippen MR) is 73.8 cm³/mol. The maximum atomic E-state index is 11.0. The van der Waals surface area contributed by atoms with Crippen LogP contribution in [0, 0.1) is 0 Å². The van der Waals surface area contributed by atoms with Gasteiger partial charge in [-0.05, 0) is 19.1 Å². The molecule has 1 rings (SSSR count). The Bertz CT molecular complexity index is 354. The van der Waals surface area contributed by atoms with E-state index >= 15 is 0 Å². The van der Waals surface area contributed by atoms with Gasteiger partial charge in [-0.25, -0.2) is 0 Å². The van der Waals surface area contributed by atoms with Crippen LogP contribution >= 0.6 is 0 Å². The van der Waals surface area contributed by atoms with Crippen molar-refractivity contribution in [1.82, 2.24) is 5.32 Å². The van der Waals surface area contributed by atoms with E-state index in [0.29, 0.717) is 19.0 Å². The van der Waals surface area contributed by atoms with E-state index in [4.69, 9.17) is 0 Å². The molecule has 4 nitrogen and oxygen atoms in total. The number of carbonyl (C=O) groups excluding carboxylic acids is 1. The number of carbonyl (C=O) groups is 1. The van der Waals surface area contributed by atoms with Gasteiger partial charge < -0.3 is 15.0 Å². The number of esters is 1. The molecule has 1 aromatic carbocycles. The lowest BCUT2D eigenvalue weighted by atomic mass is 10.2. The summed E-state index contributed by atoms with van der Waals surface area (Å²) in [7, 11) is 3.47. The fraction of sp³-hybridized carbons (Fsp3) is 0.500. The van der Waals surface area contributed by atoms with Gasteiger partial charge in [0.25, 0.3) is 0 Å². The summed E-state index contributed by atoms with van der Waals surface area (Å²) in [6.45, 7) is 3.65. The SMILES string of the molecule is COC(=O)CCNC(C)CN(C)c1ccccc1. The number of rotatable bonds is 7. The Morgan fingerprint density at radius 3 is 2.67 bits per heavy atom. The number of hydrogen-bond acceptors (Lipinski definition) is 4. The number of likely N-dealkylation sites (N-methyl/N-ethyl adjacent to an activating group) is 1. The van der Waals surface area contributed by atoms with Crippen molar-refractivity contribution in [3.8, 4) is 0 Å². The number of benzene rings is 1. The third-order valence-electron chi connectivity index (χ3n) is 2.79. The van der Waals surface area contributed by atoms with Crippen LogP contribution in [0.15, 0.2) is 30.3 Å². The second-order valence-corrected chi connectivity index (χ2v) is 4.40. The minimum atomic E-state index is -0.175. The lowest BCUT2D eigenvalue weighted by Crippen LogP contribution is -2.38. The first-order chi connectivity index (χ1) is 8.63. The predicted octanol–water partition coefficient (Wildman–Crippen LogP) is 1.66. The number of para-hydroxylation sites is 1. The summed E-state index contributed by atoms with van der Waals surface area (Å²) in [4.78, 5) is 13.2. The van der Waals surface area contributed by atoms with Crippen molar-refractivity contribution in [2.75, 3.05) is 32.1 Å². The molecule has 1 N–H and O–H groups in total. The maximum absolute atomic E-state index is 11.0. The van der Waals surface area contributed by atoms with E-state index in [0.717, 1.165) is 6.54 Å². The second kappa shape index (κ2) is 7.71. The van der Waals surface area contributed by atoms with E-state index in [1.54, 1.807) is 0 Å². The van der Waals surface area contributed by atoms with Crippen molar-refractivity contribution >= 4 is 11.7 Å². The molecule has 1 aromatic rings. The lowest BCUT2D eigenvalue weighted by Gasteiger charge is -2.24. The number of hydrogen-bond donors (Lipinski definition) is 1. The van der Waals surface area contributed by atoms with Gasteiger partial charge in [0, 0.05) is 31.9 Å². The second-order valence-electron chi connectivity index (χ2n) is 4.40. The molecular weight excluding hydrogens is 228 g/mol. The standard InChI is InChI=1S/C14H22N2O2/c1-12(15-10-9-14(17)18-3)11-16(2)13-7-5-4-6-8-13/h4-8,12,15H,9-11H2,1-3H3. The molecule has 1 atom stereocenters. The van der Waals surface area contributed by atoms with Gasteiger partial charge in [-0.3, -0.25) is 4.79 Å². The summed E-state index contributed by atoms with van der Waals surface area (Å²) < 4.78 is 4.59. The van der Waals surface area contributed by atoms with Gasteiger partial charge in [-0.1, -0.05) is 18.2 Å². The fourth-order valence-electron chi connectivity index (χ4n) is 1.79. The van der Waals surface area contributed by atoms with Crippen LogP contribution in [0.5, 0.6) is 0 Å². The van der Waals surface area contributed by atoms with Crippen LogP contribution < -0.4 is 10.2 Å². The fourth-order valence-corrected chi connectivity index (χ4v) is 1.79. The average molecular weight is 250 g/mol. The van der Waals surface area contributed by atoms with Crippen LogP contribution in [-0.4, -0.2) is 39.3 Å². The van der Waals surface area contributed by atoms with Gasteiger partial charge in [0.1, 0.15) is 0 Å². The molecule has 18 heavy (non-hydrogen) atoms. The van der Waals surface area contributed by atoms with Crippen molar-refractivity contribution in [2.45, 2.75) is 19.4 Å². The molecular formula is C14H22N2O2. The zero-order valence-electron chi connectivity index (χ0n) is 11.3. The van der Waals surface area contributed by atoms with Crippen LogP contribution in [0.4, 0.5) is 5.69 Å². The molecule has 0 aliphatic rings. The summed E-state index contributed by atoms with van der Waals surface area (Å²) >= 11 is 0. The Morgan fingerprint density at radius 2 is 2.06 bits per heavy atom. The molecule has 0 aromatic heterocycles. The molecule has 1 unspecified atom stereocenters.